The molecule has 1 aromatic carbocycles. The van der Waals surface area contributed by atoms with E-state index in [2.05, 4.69) is 42.5 Å². The van der Waals surface area contributed by atoms with Gasteiger partial charge >= 0.3 is 5.97 Å². The molecular formula is C25H32Br2N2O6. The predicted octanol–water partition coefficient (Wildman–Crippen LogP) is 4.21. The molecule has 1 aliphatic rings. The van der Waals surface area contributed by atoms with Crippen molar-refractivity contribution in [3.8, 4) is 0 Å². The first-order valence-electron chi connectivity index (χ1n) is 11.7. The highest BCUT2D eigenvalue weighted by Gasteiger charge is 2.30. The molecule has 1 aliphatic carbocycles. The number of rotatable bonds is 13. The zero-order valence-corrected chi connectivity index (χ0v) is 23.0. The molecule has 0 spiro atoms. The minimum absolute atomic E-state index is 0.0118. The largest absolute Gasteiger partial charge is 0.469 e. The van der Waals surface area contributed by atoms with Gasteiger partial charge in [-0.05, 0) is 48.9 Å². The maximum absolute atomic E-state index is 12.4. The van der Waals surface area contributed by atoms with Gasteiger partial charge in [0.25, 0.3) is 0 Å². The number of alkyl halides is 2. The van der Waals surface area contributed by atoms with Gasteiger partial charge in [-0.2, -0.15) is 0 Å². The second-order valence-corrected chi connectivity index (χ2v) is 9.83. The molecule has 10 heteroatoms. The van der Waals surface area contributed by atoms with Crippen molar-refractivity contribution in [2.45, 2.75) is 62.0 Å². The SMILES string of the molecule is COC(=O)C1CCC(C(=O)CCC(=O)NCC(=O)CCC(=O)Nc2cc(CBr)cc(CBr)c2)CC1. The fourth-order valence-electron chi connectivity index (χ4n) is 4.10. The smallest absolute Gasteiger partial charge is 0.308 e. The lowest BCUT2D eigenvalue weighted by Gasteiger charge is -2.25. The molecule has 1 aromatic rings. The molecule has 0 saturated heterocycles. The number of benzene rings is 1. The Morgan fingerprint density at radius 2 is 1.40 bits per heavy atom. The van der Waals surface area contributed by atoms with E-state index >= 15 is 0 Å². The highest BCUT2D eigenvalue weighted by Crippen LogP contribution is 2.31. The first-order valence-corrected chi connectivity index (χ1v) is 13.9. The van der Waals surface area contributed by atoms with E-state index in [1.54, 1.807) is 0 Å². The van der Waals surface area contributed by atoms with E-state index in [0.717, 1.165) is 11.1 Å². The maximum atomic E-state index is 12.4. The predicted molar refractivity (Wildman–Crippen MR) is 139 cm³/mol. The van der Waals surface area contributed by atoms with Crippen molar-refractivity contribution in [3.05, 3.63) is 29.3 Å². The lowest BCUT2D eigenvalue weighted by Crippen LogP contribution is -2.31. The van der Waals surface area contributed by atoms with Crippen molar-refractivity contribution in [2.24, 2.45) is 11.8 Å². The Labute approximate surface area is 222 Å². The highest BCUT2D eigenvalue weighted by atomic mass is 79.9. The topological polar surface area (TPSA) is 119 Å². The van der Waals surface area contributed by atoms with Crippen LogP contribution in [0.4, 0.5) is 5.69 Å². The number of ketones is 2. The van der Waals surface area contributed by atoms with Crippen LogP contribution in [0.1, 0.15) is 62.5 Å². The fourth-order valence-corrected chi connectivity index (χ4v) is 4.75. The van der Waals surface area contributed by atoms with Crippen LogP contribution in [-0.4, -0.2) is 43.0 Å². The lowest BCUT2D eigenvalue weighted by molar-refractivity contribution is -0.147. The second kappa shape index (κ2) is 15.1. The van der Waals surface area contributed by atoms with Gasteiger partial charge in [0.15, 0.2) is 5.78 Å². The van der Waals surface area contributed by atoms with Crippen molar-refractivity contribution in [3.63, 3.8) is 0 Å². The molecule has 2 rings (SSSR count). The Morgan fingerprint density at radius 3 is 1.97 bits per heavy atom. The Bertz CT molecular complexity index is 906. The number of amides is 2. The van der Waals surface area contributed by atoms with Crippen LogP contribution < -0.4 is 10.6 Å². The summed E-state index contributed by atoms with van der Waals surface area (Å²) in [4.78, 5) is 60.3. The minimum Gasteiger partial charge on any atom is -0.469 e. The van der Waals surface area contributed by atoms with E-state index in [1.165, 1.54) is 7.11 Å². The van der Waals surface area contributed by atoms with Crippen molar-refractivity contribution >= 4 is 66.9 Å². The molecule has 35 heavy (non-hydrogen) atoms. The Morgan fingerprint density at radius 1 is 0.829 bits per heavy atom. The minimum atomic E-state index is -0.367. The summed E-state index contributed by atoms with van der Waals surface area (Å²) in [6.45, 7) is -0.169. The van der Waals surface area contributed by atoms with Crippen molar-refractivity contribution < 1.29 is 28.7 Å². The monoisotopic (exact) mass is 614 g/mol. The summed E-state index contributed by atoms with van der Waals surface area (Å²) in [5.74, 6) is -1.39. The standard InChI is InChI=1S/C25H32Br2N2O6/c1-35-25(34)19-4-2-18(3-5-19)22(31)7-9-23(32)28-15-21(30)6-8-24(33)29-20-11-16(13-26)10-17(12-20)14-27/h10-12,18-19H,2-9,13-15H2,1H3,(H,28,32)(H,29,33). The lowest BCUT2D eigenvalue weighted by atomic mass is 9.79. The molecule has 1 fully saturated rings. The number of ether oxygens (including phenoxy) is 1. The molecule has 0 unspecified atom stereocenters. The number of halogens is 2. The van der Waals surface area contributed by atoms with E-state index in [0.29, 0.717) is 42.0 Å². The van der Waals surface area contributed by atoms with Crippen LogP contribution in [0.15, 0.2) is 18.2 Å². The zero-order chi connectivity index (χ0) is 25.8. The van der Waals surface area contributed by atoms with Crippen LogP contribution in [0.2, 0.25) is 0 Å². The fraction of sp³-hybridized carbons (Fsp3) is 0.560. The summed E-state index contributed by atoms with van der Waals surface area (Å²) >= 11 is 6.81. The average molecular weight is 616 g/mol. The van der Waals surface area contributed by atoms with Gasteiger partial charge in [0, 0.05) is 47.9 Å². The quantitative estimate of drug-likeness (QED) is 0.253. The molecule has 8 nitrogen and oxygen atoms in total. The number of hydrogen-bond donors (Lipinski definition) is 2. The van der Waals surface area contributed by atoms with Gasteiger partial charge in [-0.3, -0.25) is 24.0 Å². The van der Waals surface area contributed by atoms with Crippen LogP contribution in [0.3, 0.4) is 0 Å². The molecule has 0 bridgehead atoms. The second-order valence-electron chi connectivity index (χ2n) is 8.71. The molecule has 0 atom stereocenters. The summed E-state index contributed by atoms with van der Waals surface area (Å²) in [5, 5.41) is 6.66. The maximum Gasteiger partial charge on any atom is 0.308 e. The average Bonchev–Trinajstić information content (AvgIpc) is 2.88. The number of nitrogens with one attached hydrogen (secondary N) is 2. The zero-order valence-electron chi connectivity index (χ0n) is 19.9. The van der Waals surface area contributed by atoms with Gasteiger partial charge in [0.1, 0.15) is 5.78 Å². The van der Waals surface area contributed by atoms with Crippen LogP contribution in [0.25, 0.3) is 0 Å². The Balaban J connectivity index is 1.64. The van der Waals surface area contributed by atoms with E-state index in [4.69, 9.17) is 4.74 Å². The van der Waals surface area contributed by atoms with Crippen LogP contribution in [0.5, 0.6) is 0 Å². The number of carbonyl (C=O) groups is 5. The first kappa shape index (κ1) is 29.2. The number of carbonyl (C=O) groups excluding carboxylic acids is 5. The van der Waals surface area contributed by atoms with Crippen molar-refractivity contribution in [1.29, 1.82) is 0 Å². The molecule has 0 aromatic heterocycles. The van der Waals surface area contributed by atoms with Gasteiger partial charge in [-0.25, -0.2) is 0 Å². The summed E-state index contributed by atoms with van der Waals surface area (Å²) < 4.78 is 4.75. The number of hydrogen-bond acceptors (Lipinski definition) is 6. The van der Waals surface area contributed by atoms with Gasteiger partial charge in [0.05, 0.1) is 19.6 Å². The van der Waals surface area contributed by atoms with E-state index in [-0.39, 0.29) is 73.4 Å². The van der Waals surface area contributed by atoms with Gasteiger partial charge < -0.3 is 15.4 Å². The molecular weight excluding hydrogens is 584 g/mol. The Hall–Kier alpha value is -2.07. The third-order valence-electron chi connectivity index (χ3n) is 6.07. The molecule has 0 heterocycles. The Kier molecular flexibility index (Phi) is 12.6. The summed E-state index contributed by atoms with van der Waals surface area (Å²) in [5.41, 5.74) is 2.73. The first-order chi connectivity index (χ1) is 16.7. The molecule has 1 saturated carbocycles. The van der Waals surface area contributed by atoms with Crippen LogP contribution >= 0.6 is 31.9 Å². The third kappa shape index (κ3) is 10.2. The summed E-state index contributed by atoms with van der Waals surface area (Å²) in [7, 11) is 1.36. The van der Waals surface area contributed by atoms with Crippen LogP contribution in [0, 0.1) is 11.8 Å². The van der Waals surface area contributed by atoms with E-state index in [9.17, 15) is 24.0 Å². The summed E-state index contributed by atoms with van der Waals surface area (Å²) in [6.07, 6.45) is 2.65. The molecule has 0 radical (unpaired) electrons. The highest BCUT2D eigenvalue weighted by molar-refractivity contribution is 9.08. The van der Waals surface area contributed by atoms with Gasteiger partial charge in [-0.15, -0.1) is 0 Å². The van der Waals surface area contributed by atoms with Crippen molar-refractivity contribution in [2.75, 3.05) is 19.0 Å². The van der Waals surface area contributed by atoms with Crippen molar-refractivity contribution in [1.82, 2.24) is 5.32 Å². The number of Topliss-reactive ketones (excluding diaryl/α,β-unsaturated/α-hetero) is 2. The number of anilines is 1. The molecule has 192 valence electrons. The number of methoxy groups -OCH3 is 1. The molecule has 0 aliphatic heterocycles. The van der Waals surface area contributed by atoms with Gasteiger partial charge in [0.2, 0.25) is 11.8 Å². The van der Waals surface area contributed by atoms with E-state index in [1.807, 2.05) is 18.2 Å². The molecule has 2 amide bonds. The van der Waals surface area contributed by atoms with Gasteiger partial charge in [-0.1, -0.05) is 37.9 Å². The summed E-state index contributed by atoms with van der Waals surface area (Å²) in [6, 6.07) is 5.76. The normalized spacial score (nSPS) is 17.3. The molecule has 2 N–H and O–H groups in total. The van der Waals surface area contributed by atoms with Crippen LogP contribution in [-0.2, 0) is 39.4 Å². The number of esters is 1. The third-order valence-corrected chi connectivity index (χ3v) is 7.37. The van der Waals surface area contributed by atoms with E-state index < -0.39 is 0 Å².